The van der Waals surface area contributed by atoms with Crippen LogP contribution in [0.25, 0.3) is 10.9 Å². The molecule has 0 aliphatic heterocycles. The van der Waals surface area contributed by atoms with Gasteiger partial charge in [0.05, 0.1) is 0 Å². The van der Waals surface area contributed by atoms with E-state index < -0.39 is 0 Å². The van der Waals surface area contributed by atoms with E-state index in [0.29, 0.717) is 12.0 Å². The number of rotatable bonds is 4. The average molecular weight is 230 g/mol. The molecule has 0 aliphatic carbocycles. The summed E-state index contributed by atoms with van der Waals surface area (Å²) >= 11 is 0. The second-order valence-corrected chi connectivity index (χ2v) is 5.16. The second kappa shape index (κ2) is 4.92. The van der Waals surface area contributed by atoms with Crippen molar-refractivity contribution in [2.24, 2.45) is 5.92 Å². The summed E-state index contributed by atoms with van der Waals surface area (Å²) in [6, 6.07) is 9.06. The molecule has 1 N–H and O–H groups in total. The first kappa shape index (κ1) is 12.2. The highest BCUT2D eigenvalue weighted by Gasteiger charge is 2.12. The molecule has 0 fully saturated rings. The summed E-state index contributed by atoms with van der Waals surface area (Å²) in [5.74, 6) is 0.670. The minimum atomic E-state index is 0.397. The van der Waals surface area contributed by atoms with Crippen LogP contribution in [0.1, 0.15) is 32.4 Å². The highest BCUT2D eigenvalue weighted by molar-refractivity contribution is 5.84. The van der Waals surface area contributed by atoms with Gasteiger partial charge in [0.25, 0.3) is 0 Å². The van der Waals surface area contributed by atoms with Gasteiger partial charge in [-0.15, -0.1) is 0 Å². The molecule has 0 aliphatic rings. The van der Waals surface area contributed by atoms with Crippen LogP contribution in [0, 0.1) is 5.92 Å². The van der Waals surface area contributed by atoms with Gasteiger partial charge in [0.15, 0.2) is 0 Å². The number of aromatic nitrogens is 1. The minimum absolute atomic E-state index is 0.397. The first-order valence-corrected chi connectivity index (χ1v) is 6.38. The Morgan fingerprint density at radius 3 is 2.53 bits per heavy atom. The molecule has 0 saturated carbocycles. The molecule has 0 spiro atoms. The lowest BCUT2D eigenvalue weighted by atomic mass is 10.1. The Morgan fingerprint density at radius 1 is 1.18 bits per heavy atom. The Kier molecular flexibility index (Phi) is 3.53. The van der Waals surface area contributed by atoms with Crippen LogP contribution in [0.15, 0.2) is 30.5 Å². The van der Waals surface area contributed by atoms with E-state index in [1.165, 1.54) is 16.5 Å². The zero-order valence-electron chi connectivity index (χ0n) is 11.2. The summed E-state index contributed by atoms with van der Waals surface area (Å²) in [5.41, 5.74) is 2.74. The molecule has 2 rings (SSSR count). The number of para-hydroxylation sites is 1. The van der Waals surface area contributed by atoms with Crippen LogP contribution in [-0.4, -0.2) is 11.6 Å². The zero-order chi connectivity index (χ0) is 12.4. The monoisotopic (exact) mass is 230 g/mol. The van der Waals surface area contributed by atoms with Crippen LogP contribution >= 0.6 is 0 Å². The molecule has 2 heteroatoms. The minimum Gasteiger partial charge on any atom is -0.347 e. The molecule has 92 valence electrons. The molecular weight excluding hydrogens is 208 g/mol. The molecule has 1 aromatic carbocycles. The van der Waals surface area contributed by atoms with E-state index in [-0.39, 0.29) is 0 Å². The predicted molar refractivity (Wildman–Crippen MR) is 74.3 cm³/mol. The van der Waals surface area contributed by atoms with E-state index in [2.05, 4.69) is 61.1 Å². The number of nitrogens with one attached hydrogen (secondary N) is 1. The first-order valence-electron chi connectivity index (χ1n) is 6.38. The van der Waals surface area contributed by atoms with Gasteiger partial charge in [-0.05, 0) is 31.5 Å². The highest BCUT2D eigenvalue weighted by atomic mass is 15.0. The predicted octanol–water partition coefficient (Wildman–Crippen LogP) is 3.58. The maximum atomic E-state index is 3.33. The Morgan fingerprint density at radius 2 is 1.88 bits per heavy atom. The summed E-state index contributed by atoms with van der Waals surface area (Å²) in [7, 11) is 2.01. The largest absolute Gasteiger partial charge is 0.347 e. The lowest BCUT2D eigenvalue weighted by Gasteiger charge is -2.08. The van der Waals surface area contributed by atoms with Gasteiger partial charge in [-0.3, -0.25) is 0 Å². The summed E-state index contributed by atoms with van der Waals surface area (Å²) in [4.78, 5) is 0. The van der Waals surface area contributed by atoms with Crippen molar-refractivity contribution >= 4 is 10.9 Å². The fourth-order valence-electron chi connectivity index (χ4n) is 2.32. The van der Waals surface area contributed by atoms with Gasteiger partial charge >= 0.3 is 0 Å². The van der Waals surface area contributed by atoms with Gasteiger partial charge in [0.2, 0.25) is 0 Å². The van der Waals surface area contributed by atoms with Crippen molar-refractivity contribution in [3.8, 4) is 0 Å². The van der Waals surface area contributed by atoms with Crippen molar-refractivity contribution in [2.75, 3.05) is 7.05 Å². The molecule has 1 heterocycles. The first-order chi connectivity index (χ1) is 8.13. The Bertz CT molecular complexity index is 497. The molecule has 17 heavy (non-hydrogen) atoms. The number of hydrogen-bond donors (Lipinski definition) is 1. The number of benzene rings is 1. The van der Waals surface area contributed by atoms with Crippen molar-refractivity contribution in [3.63, 3.8) is 0 Å². The summed E-state index contributed by atoms with van der Waals surface area (Å²) in [6.07, 6.45) is 2.30. The highest BCUT2D eigenvalue weighted by Crippen LogP contribution is 2.26. The van der Waals surface area contributed by atoms with Crippen molar-refractivity contribution in [1.82, 2.24) is 9.88 Å². The maximum absolute atomic E-state index is 3.33. The second-order valence-electron chi connectivity index (χ2n) is 5.16. The van der Waals surface area contributed by atoms with Crippen molar-refractivity contribution in [2.45, 2.75) is 33.4 Å². The van der Waals surface area contributed by atoms with E-state index in [1.54, 1.807) is 0 Å². The summed E-state index contributed by atoms with van der Waals surface area (Å²) in [6.45, 7) is 7.81. The Hall–Kier alpha value is -1.28. The lowest BCUT2D eigenvalue weighted by molar-refractivity contribution is 0.532. The van der Waals surface area contributed by atoms with E-state index >= 15 is 0 Å². The van der Waals surface area contributed by atoms with E-state index in [9.17, 15) is 0 Å². The van der Waals surface area contributed by atoms with Crippen LogP contribution in [0.2, 0.25) is 0 Å². The summed E-state index contributed by atoms with van der Waals surface area (Å²) in [5, 5.41) is 4.70. The van der Waals surface area contributed by atoms with Crippen molar-refractivity contribution in [3.05, 3.63) is 36.0 Å². The Balaban J connectivity index is 2.54. The van der Waals surface area contributed by atoms with Crippen LogP contribution in [-0.2, 0) is 6.54 Å². The fourth-order valence-corrected chi connectivity index (χ4v) is 2.32. The molecule has 2 nitrogen and oxygen atoms in total. The number of nitrogens with zero attached hydrogens (tertiary/aromatic N) is 1. The smallest absolute Gasteiger partial charge is 0.0483 e. The van der Waals surface area contributed by atoms with Gasteiger partial charge in [0.1, 0.15) is 0 Å². The van der Waals surface area contributed by atoms with E-state index in [0.717, 1.165) is 6.54 Å². The molecule has 1 unspecified atom stereocenters. The van der Waals surface area contributed by atoms with Crippen LogP contribution in [0.5, 0.6) is 0 Å². The van der Waals surface area contributed by atoms with Crippen LogP contribution in [0.3, 0.4) is 0 Å². The van der Waals surface area contributed by atoms with Crippen LogP contribution < -0.4 is 5.32 Å². The third kappa shape index (κ3) is 2.37. The van der Waals surface area contributed by atoms with Gasteiger partial charge in [-0.1, -0.05) is 32.0 Å². The molecule has 2 aromatic rings. The number of hydrogen-bond acceptors (Lipinski definition) is 1. The molecule has 0 amide bonds. The normalized spacial score (nSPS) is 13.5. The lowest BCUT2D eigenvalue weighted by Crippen LogP contribution is -2.11. The van der Waals surface area contributed by atoms with E-state index in [1.807, 2.05) is 7.05 Å². The molecule has 1 atom stereocenters. The zero-order valence-corrected chi connectivity index (χ0v) is 11.2. The molecular formula is C15H22N2. The van der Waals surface area contributed by atoms with Gasteiger partial charge in [0, 0.05) is 29.7 Å². The number of fused-ring (bicyclic) bond motifs is 1. The van der Waals surface area contributed by atoms with E-state index in [4.69, 9.17) is 0 Å². The third-order valence-corrected chi connectivity index (χ3v) is 3.28. The van der Waals surface area contributed by atoms with Crippen molar-refractivity contribution < 1.29 is 0 Å². The Labute approximate surface area is 104 Å². The van der Waals surface area contributed by atoms with Crippen molar-refractivity contribution in [1.29, 1.82) is 0 Å². The SMILES string of the molecule is CNC(C)c1cn(CC(C)C)c2ccccc12. The van der Waals surface area contributed by atoms with Gasteiger partial charge in [-0.2, -0.15) is 0 Å². The van der Waals surface area contributed by atoms with Crippen LogP contribution in [0.4, 0.5) is 0 Å². The summed E-state index contributed by atoms with van der Waals surface area (Å²) < 4.78 is 2.38. The topological polar surface area (TPSA) is 17.0 Å². The quantitative estimate of drug-likeness (QED) is 0.849. The molecule has 0 bridgehead atoms. The standard InChI is InChI=1S/C15H22N2/c1-11(2)9-17-10-14(12(3)16-4)13-7-5-6-8-15(13)17/h5-8,10-12,16H,9H2,1-4H3. The molecule has 0 saturated heterocycles. The fraction of sp³-hybridized carbons (Fsp3) is 0.467. The molecule has 1 aromatic heterocycles. The third-order valence-electron chi connectivity index (χ3n) is 3.28. The van der Waals surface area contributed by atoms with Gasteiger partial charge < -0.3 is 9.88 Å². The molecule has 0 radical (unpaired) electrons. The maximum Gasteiger partial charge on any atom is 0.0483 e. The average Bonchev–Trinajstić information content (AvgIpc) is 2.67. The van der Waals surface area contributed by atoms with Gasteiger partial charge in [-0.25, -0.2) is 0 Å².